The van der Waals surface area contributed by atoms with Crippen molar-refractivity contribution in [3.05, 3.63) is 70.4 Å². The lowest BCUT2D eigenvalue weighted by Gasteiger charge is -2.07. The zero-order valence-electron chi connectivity index (χ0n) is 14.3. The summed E-state index contributed by atoms with van der Waals surface area (Å²) in [5.41, 5.74) is 2.80. The fraction of sp³-hybridized carbons (Fsp3) is 0.105. The third kappa shape index (κ3) is 3.54. The summed E-state index contributed by atoms with van der Waals surface area (Å²) in [6.07, 6.45) is 2.14. The molecule has 4 rings (SSSR count). The number of amides is 1. The number of hydrogen-bond acceptors (Lipinski definition) is 5. The van der Waals surface area contributed by atoms with Crippen molar-refractivity contribution >= 4 is 33.7 Å². The predicted molar refractivity (Wildman–Crippen MR) is 106 cm³/mol. The maximum atomic E-state index is 13.2. The number of aromatic nitrogens is 3. The number of halogens is 1. The van der Waals surface area contributed by atoms with E-state index in [2.05, 4.69) is 15.4 Å². The van der Waals surface area contributed by atoms with E-state index in [9.17, 15) is 9.18 Å². The highest BCUT2D eigenvalue weighted by Gasteiger charge is 2.18. The minimum absolute atomic E-state index is 0.257. The Labute approximate surface area is 163 Å². The first-order chi connectivity index (χ1) is 13.2. The molecule has 4 aromatic rings. The third-order valence-electron chi connectivity index (χ3n) is 4.02. The lowest BCUT2D eigenvalue weighted by molar-refractivity contribution is 0.102. The monoisotopic (exact) mass is 398 g/mol. The topological polar surface area (TPSA) is 59.8 Å². The number of thiophene rings is 1. The molecule has 0 saturated heterocycles. The molecule has 8 heteroatoms. The van der Waals surface area contributed by atoms with Crippen LogP contribution >= 0.6 is 22.7 Å². The molecule has 0 aliphatic carbocycles. The molecule has 1 N–H and O–H groups in total. The van der Waals surface area contributed by atoms with Crippen molar-refractivity contribution in [2.45, 2.75) is 13.3 Å². The quantitative estimate of drug-likeness (QED) is 0.514. The molecule has 0 fully saturated rings. The molecule has 3 aromatic heterocycles. The zero-order valence-corrected chi connectivity index (χ0v) is 16.0. The number of anilines is 1. The van der Waals surface area contributed by atoms with Crippen molar-refractivity contribution in [2.24, 2.45) is 0 Å². The summed E-state index contributed by atoms with van der Waals surface area (Å²) in [6.45, 7) is 1.95. The summed E-state index contributed by atoms with van der Waals surface area (Å²) in [5.74, 6) is -0.570. The predicted octanol–water partition coefficient (Wildman–Crippen LogP) is 5.01. The van der Waals surface area contributed by atoms with Gasteiger partial charge >= 0.3 is 0 Å². The molecule has 27 heavy (non-hydrogen) atoms. The molecule has 1 amide bonds. The van der Waals surface area contributed by atoms with E-state index in [0.717, 1.165) is 16.3 Å². The highest BCUT2D eigenvalue weighted by atomic mass is 32.1. The van der Waals surface area contributed by atoms with Gasteiger partial charge in [-0.3, -0.25) is 10.1 Å². The number of carbonyl (C=O) groups is 1. The highest BCUT2D eigenvalue weighted by molar-refractivity contribution is 7.16. The van der Waals surface area contributed by atoms with Crippen molar-refractivity contribution < 1.29 is 9.18 Å². The minimum atomic E-state index is -0.313. The Morgan fingerprint density at radius 3 is 2.74 bits per heavy atom. The number of hydrogen-bond donors (Lipinski definition) is 1. The number of carbonyl (C=O) groups excluding carboxylic acids is 1. The highest BCUT2D eigenvalue weighted by Crippen LogP contribution is 2.28. The normalized spacial score (nSPS) is 10.9. The van der Waals surface area contributed by atoms with E-state index >= 15 is 0 Å². The van der Waals surface area contributed by atoms with Crippen molar-refractivity contribution in [1.82, 2.24) is 14.8 Å². The van der Waals surface area contributed by atoms with Crippen LogP contribution in [0.3, 0.4) is 0 Å². The van der Waals surface area contributed by atoms with Gasteiger partial charge in [0.2, 0.25) is 0 Å². The second-order valence-electron chi connectivity index (χ2n) is 5.72. The van der Waals surface area contributed by atoms with Crippen molar-refractivity contribution in [3.63, 3.8) is 0 Å². The van der Waals surface area contributed by atoms with Gasteiger partial charge in [-0.2, -0.15) is 5.10 Å². The molecule has 5 nitrogen and oxygen atoms in total. The molecule has 0 saturated carbocycles. The van der Waals surface area contributed by atoms with E-state index in [1.54, 1.807) is 28.2 Å². The Hall–Kier alpha value is -2.84. The van der Waals surface area contributed by atoms with E-state index in [1.807, 2.05) is 29.8 Å². The molecular formula is C19H15FN4OS2. The van der Waals surface area contributed by atoms with E-state index in [4.69, 9.17) is 0 Å². The average Bonchev–Trinajstić information content (AvgIpc) is 3.42. The Morgan fingerprint density at radius 1 is 1.22 bits per heavy atom. The molecule has 3 heterocycles. The summed E-state index contributed by atoms with van der Waals surface area (Å²) < 4.78 is 14.8. The summed E-state index contributed by atoms with van der Waals surface area (Å²) in [6, 6.07) is 9.98. The van der Waals surface area contributed by atoms with Crippen LogP contribution in [0.25, 0.3) is 16.3 Å². The first-order valence-electron chi connectivity index (χ1n) is 8.29. The number of nitrogens with zero attached hydrogens (tertiary/aromatic N) is 3. The summed E-state index contributed by atoms with van der Waals surface area (Å²) >= 11 is 2.99. The van der Waals surface area contributed by atoms with Crippen LogP contribution in [0.4, 0.5) is 9.52 Å². The molecule has 0 aliphatic heterocycles. The smallest absolute Gasteiger partial charge is 0.260 e. The molecule has 136 valence electrons. The van der Waals surface area contributed by atoms with Gasteiger partial charge in [-0.25, -0.2) is 14.1 Å². The molecule has 0 atom stereocenters. The fourth-order valence-electron chi connectivity index (χ4n) is 2.74. The van der Waals surface area contributed by atoms with Crippen LogP contribution < -0.4 is 5.32 Å². The minimum Gasteiger partial charge on any atom is -0.298 e. The van der Waals surface area contributed by atoms with E-state index in [0.29, 0.717) is 22.8 Å². The van der Waals surface area contributed by atoms with E-state index in [1.165, 1.54) is 29.7 Å². The molecular weight excluding hydrogens is 383 g/mol. The van der Waals surface area contributed by atoms with Gasteiger partial charge in [0.25, 0.3) is 5.91 Å². The summed E-state index contributed by atoms with van der Waals surface area (Å²) in [5, 5.41) is 11.6. The van der Waals surface area contributed by atoms with Gasteiger partial charge in [0.1, 0.15) is 5.82 Å². The summed E-state index contributed by atoms with van der Waals surface area (Å²) in [7, 11) is 0. The maximum absolute atomic E-state index is 13.2. The van der Waals surface area contributed by atoms with Gasteiger partial charge in [-0.15, -0.1) is 22.7 Å². The van der Waals surface area contributed by atoms with Gasteiger partial charge in [-0.1, -0.05) is 13.0 Å². The van der Waals surface area contributed by atoms with Crippen molar-refractivity contribution in [3.8, 4) is 16.3 Å². The van der Waals surface area contributed by atoms with Gasteiger partial charge in [0.05, 0.1) is 33.7 Å². The van der Waals surface area contributed by atoms with Crippen LogP contribution in [-0.2, 0) is 6.42 Å². The van der Waals surface area contributed by atoms with Gasteiger partial charge in [-0.05, 0) is 42.1 Å². The first kappa shape index (κ1) is 17.6. The second-order valence-corrected chi connectivity index (χ2v) is 7.52. The average molecular weight is 398 g/mol. The van der Waals surface area contributed by atoms with Crippen LogP contribution in [-0.4, -0.2) is 20.7 Å². The Bertz CT molecular complexity index is 1070. The van der Waals surface area contributed by atoms with Crippen molar-refractivity contribution in [1.29, 1.82) is 0 Å². The second kappa shape index (κ2) is 7.42. The Morgan fingerprint density at radius 2 is 2.04 bits per heavy atom. The molecule has 0 bridgehead atoms. The lowest BCUT2D eigenvalue weighted by Crippen LogP contribution is -2.14. The molecule has 1 aromatic carbocycles. The van der Waals surface area contributed by atoms with Crippen LogP contribution in [0.5, 0.6) is 0 Å². The van der Waals surface area contributed by atoms with E-state index in [-0.39, 0.29) is 11.7 Å². The van der Waals surface area contributed by atoms with Crippen LogP contribution in [0.1, 0.15) is 23.0 Å². The maximum Gasteiger partial charge on any atom is 0.260 e. The van der Waals surface area contributed by atoms with Gasteiger partial charge in [0.15, 0.2) is 5.13 Å². The number of rotatable bonds is 5. The number of thiazole rings is 1. The first-order valence-corrected chi connectivity index (χ1v) is 10.0. The summed E-state index contributed by atoms with van der Waals surface area (Å²) in [4.78, 5) is 18.3. The number of nitrogens with one attached hydrogen (secondary N) is 1. The standard InChI is InChI=1S/C19H15FN4OS2/c1-2-16-14(10-21-24(16)13-7-5-12(20)6-8-13)18(25)23-19-22-15(11-27-19)17-4-3-9-26-17/h3-11H,2H2,1H3,(H,22,23,25). The Balaban J connectivity index is 1.58. The SMILES string of the molecule is CCc1c(C(=O)Nc2nc(-c3cccs3)cs2)cnn1-c1ccc(F)cc1. The van der Waals surface area contributed by atoms with Gasteiger partial charge < -0.3 is 0 Å². The third-order valence-corrected chi connectivity index (χ3v) is 5.67. The zero-order chi connectivity index (χ0) is 18.8. The lowest BCUT2D eigenvalue weighted by atomic mass is 10.2. The van der Waals surface area contributed by atoms with Crippen LogP contribution in [0.15, 0.2) is 53.4 Å². The van der Waals surface area contributed by atoms with E-state index < -0.39 is 0 Å². The Kier molecular flexibility index (Phi) is 4.83. The largest absolute Gasteiger partial charge is 0.298 e. The molecule has 0 radical (unpaired) electrons. The molecule has 0 aliphatic rings. The molecule has 0 unspecified atom stereocenters. The number of benzene rings is 1. The van der Waals surface area contributed by atoms with Crippen molar-refractivity contribution in [2.75, 3.05) is 5.32 Å². The van der Waals surface area contributed by atoms with Gasteiger partial charge in [0, 0.05) is 5.38 Å². The van der Waals surface area contributed by atoms with Crippen LogP contribution in [0, 0.1) is 5.82 Å². The fourth-order valence-corrected chi connectivity index (χ4v) is 4.21. The molecule has 0 spiro atoms. The van der Waals surface area contributed by atoms with Crippen LogP contribution in [0.2, 0.25) is 0 Å².